The van der Waals surface area contributed by atoms with Gasteiger partial charge in [-0.1, -0.05) is 60.7 Å². The molecule has 0 fully saturated rings. The van der Waals surface area contributed by atoms with Crippen LogP contribution in [-0.4, -0.2) is 19.1 Å². The van der Waals surface area contributed by atoms with Gasteiger partial charge >= 0.3 is 12.5 Å². The van der Waals surface area contributed by atoms with E-state index in [-0.39, 0.29) is 11.1 Å². The number of halogens is 4. The summed E-state index contributed by atoms with van der Waals surface area (Å²) >= 11 is 0. The zero-order valence-corrected chi connectivity index (χ0v) is 11.6. The quantitative estimate of drug-likeness (QED) is 0.824. The molecule has 6 heteroatoms. The molecule has 0 spiro atoms. The van der Waals surface area contributed by atoms with Gasteiger partial charge in [-0.3, -0.25) is 4.74 Å². The molecular weight excluding hydrogens is 298 g/mol. The number of alkyl halides is 4. The zero-order chi connectivity index (χ0) is 16.2. The third-order valence-corrected chi connectivity index (χ3v) is 3.33. The molecule has 0 aliphatic heterocycles. The van der Waals surface area contributed by atoms with Gasteiger partial charge in [0.05, 0.1) is 0 Å². The van der Waals surface area contributed by atoms with Crippen molar-refractivity contribution in [3.8, 4) is 0 Å². The number of rotatable bonds is 6. The molecule has 0 amide bonds. The lowest BCUT2D eigenvalue weighted by Crippen LogP contribution is -2.47. The van der Waals surface area contributed by atoms with Crippen molar-refractivity contribution < 1.29 is 22.3 Å². The molecule has 0 aromatic heterocycles. The second-order valence-electron chi connectivity index (χ2n) is 4.73. The number of nitrogens with two attached hydrogens (primary N) is 1. The summed E-state index contributed by atoms with van der Waals surface area (Å²) in [7, 11) is 0. The Labute approximate surface area is 125 Å². The van der Waals surface area contributed by atoms with Gasteiger partial charge in [0.25, 0.3) is 0 Å². The summed E-state index contributed by atoms with van der Waals surface area (Å²) in [5, 5.41) is 0. The van der Waals surface area contributed by atoms with Crippen molar-refractivity contribution in [2.75, 3.05) is 6.54 Å². The number of ether oxygens (including phenoxy) is 1. The van der Waals surface area contributed by atoms with Gasteiger partial charge in [0, 0.05) is 6.54 Å². The third kappa shape index (κ3) is 3.13. The van der Waals surface area contributed by atoms with Gasteiger partial charge in [-0.05, 0) is 11.1 Å². The number of hydrogen-bond acceptors (Lipinski definition) is 2. The first kappa shape index (κ1) is 16.5. The molecule has 0 unspecified atom stereocenters. The van der Waals surface area contributed by atoms with Crippen LogP contribution in [0.5, 0.6) is 0 Å². The van der Waals surface area contributed by atoms with E-state index in [0.717, 1.165) is 0 Å². The zero-order valence-electron chi connectivity index (χ0n) is 11.6. The SMILES string of the molecule is NCC(OC(F)(F)C(F)F)(c1ccccc1)c1ccccc1. The standard InChI is InChI=1S/C16H15F4NO/c17-14(18)16(19,20)22-15(11-21,12-7-3-1-4-8-12)13-9-5-2-6-10-13/h1-10,14H,11,21H2. The lowest BCUT2D eigenvalue weighted by Gasteiger charge is -2.36. The normalized spacial score (nSPS) is 12.6. The van der Waals surface area contributed by atoms with Gasteiger partial charge in [0.2, 0.25) is 0 Å². The van der Waals surface area contributed by atoms with Crippen molar-refractivity contribution in [1.29, 1.82) is 0 Å². The molecule has 0 radical (unpaired) electrons. The monoisotopic (exact) mass is 313 g/mol. The van der Waals surface area contributed by atoms with E-state index in [1.807, 2.05) is 0 Å². The maximum absolute atomic E-state index is 13.6. The Morgan fingerprint density at radius 2 is 1.27 bits per heavy atom. The van der Waals surface area contributed by atoms with E-state index in [4.69, 9.17) is 5.73 Å². The number of benzene rings is 2. The number of hydrogen-bond donors (Lipinski definition) is 1. The average Bonchev–Trinajstić information content (AvgIpc) is 2.54. The smallest absolute Gasteiger partial charge is 0.327 e. The molecule has 118 valence electrons. The van der Waals surface area contributed by atoms with E-state index < -0.39 is 24.7 Å². The molecule has 2 rings (SSSR count). The predicted molar refractivity (Wildman–Crippen MR) is 74.8 cm³/mol. The summed E-state index contributed by atoms with van der Waals surface area (Å²) in [6.07, 6.45) is -8.57. The maximum Gasteiger partial charge on any atom is 0.417 e. The highest BCUT2D eigenvalue weighted by Gasteiger charge is 2.50. The van der Waals surface area contributed by atoms with Crippen molar-refractivity contribution in [3.05, 3.63) is 71.8 Å². The lowest BCUT2D eigenvalue weighted by atomic mass is 9.86. The van der Waals surface area contributed by atoms with Crippen molar-refractivity contribution in [2.45, 2.75) is 18.1 Å². The van der Waals surface area contributed by atoms with Gasteiger partial charge in [0.1, 0.15) is 5.60 Å². The van der Waals surface area contributed by atoms with Crippen LogP contribution >= 0.6 is 0 Å². The van der Waals surface area contributed by atoms with E-state index in [0.29, 0.717) is 0 Å². The lowest BCUT2D eigenvalue weighted by molar-refractivity contribution is -0.337. The van der Waals surface area contributed by atoms with Crippen LogP contribution in [0.25, 0.3) is 0 Å². The van der Waals surface area contributed by atoms with E-state index in [9.17, 15) is 17.6 Å². The average molecular weight is 313 g/mol. The summed E-state index contributed by atoms with van der Waals surface area (Å²) in [6.45, 7) is -0.413. The van der Waals surface area contributed by atoms with Gasteiger partial charge in [-0.2, -0.15) is 8.78 Å². The van der Waals surface area contributed by atoms with Gasteiger partial charge in [-0.25, -0.2) is 8.78 Å². The molecular formula is C16H15F4NO. The molecule has 2 N–H and O–H groups in total. The fraction of sp³-hybridized carbons (Fsp3) is 0.250. The molecule has 2 aromatic rings. The van der Waals surface area contributed by atoms with Crippen LogP contribution in [0.1, 0.15) is 11.1 Å². The first-order valence-electron chi connectivity index (χ1n) is 6.59. The van der Waals surface area contributed by atoms with Crippen LogP contribution in [0.15, 0.2) is 60.7 Å². The highest BCUT2D eigenvalue weighted by atomic mass is 19.3. The van der Waals surface area contributed by atoms with E-state index in [1.54, 1.807) is 36.4 Å². The molecule has 0 saturated heterocycles. The van der Waals surface area contributed by atoms with Gasteiger partial charge < -0.3 is 5.73 Å². The van der Waals surface area contributed by atoms with Crippen LogP contribution in [0.2, 0.25) is 0 Å². The van der Waals surface area contributed by atoms with Crippen molar-refractivity contribution in [2.24, 2.45) is 5.73 Å². The summed E-state index contributed by atoms with van der Waals surface area (Å²) in [6, 6.07) is 15.8. The minimum absolute atomic E-state index is 0.282. The minimum atomic E-state index is -4.62. The molecule has 2 aromatic carbocycles. The molecule has 0 saturated carbocycles. The van der Waals surface area contributed by atoms with Crippen molar-refractivity contribution in [3.63, 3.8) is 0 Å². The van der Waals surface area contributed by atoms with Crippen LogP contribution < -0.4 is 5.73 Å². The third-order valence-electron chi connectivity index (χ3n) is 3.33. The van der Waals surface area contributed by atoms with E-state index >= 15 is 0 Å². The van der Waals surface area contributed by atoms with Crippen molar-refractivity contribution >= 4 is 0 Å². The van der Waals surface area contributed by atoms with Crippen molar-refractivity contribution in [1.82, 2.24) is 0 Å². The second kappa shape index (κ2) is 6.46. The molecule has 0 bridgehead atoms. The highest BCUT2D eigenvalue weighted by Crippen LogP contribution is 2.40. The van der Waals surface area contributed by atoms with Crippen LogP contribution in [0.4, 0.5) is 17.6 Å². The van der Waals surface area contributed by atoms with E-state index in [2.05, 4.69) is 4.74 Å². The summed E-state index contributed by atoms with van der Waals surface area (Å²) in [5.41, 5.74) is 4.38. The molecule has 0 heterocycles. The summed E-state index contributed by atoms with van der Waals surface area (Å²) < 4.78 is 56.9. The Bertz CT molecular complexity index is 550. The largest absolute Gasteiger partial charge is 0.417 e. The molecule has 22 heavy (non-hydrogen) atoms. The fourth-order valence-corrected chi connectivity index (χ4v) is 2.25. The second-order valence-corrected chi connectivity index (χ2v) is 4.73. The Morgan fingerprint density at radius 1 is 0.864 bits per heavy atom. The van der Waals surface area contributed by atoms with Gasteiger partial charge in [-0.15, -0.1) is 0 Å². The molecule has 0 atom stereocenters. The highest BCUT2D eigenvalue weighted by molar-refractivity contribution is 5.37. The minimum Gasteiger partial charge on any atom is -0.327 e. The van der Waals surface area contributed by atoms with E-state index in [1.165, 1.54) is 24.3 Å². The van der Waals surface area contributed by atoms with Crippen LogP contribution in [0, 0.1) is 0 Å². The van der Waals surface area contributed by atoms with Crippen LogP contribution in [0.3, 0.4) is 0 Å². The Balaban J connectivity index is 2.58. The molecule has 0 aliphatic rings. The molecule has 2 nitrogen and oxygen atoms in total. The Morgan fingerprint density at radius 3 is 1.59 bits per heavy atom. The first-order valence-corrected chi connectivity index (χ1v) is 6.59. The topological polar surface area (TPSA) is 35.2 Å². The Kier molecular flexibility index (Phi) is 4.83. The maximum atomic E-state index is 13.6. The summed E-state index contributed by atoms with van der Waals surface area (Å²) in [5.74, 6) is 0. The molecule has 0 aliphatic carbocycles. The Hall–Kier alpha value is -1.92. The fourth-order valence-electron chi connectivity index (χ4n) is 2.25. The summed E-state index contributed by atoms with van der Waals surface area (Å²) in [4.78, 5) is 0. The van der Waals surface area contributed by atoms with Gasteiger partial charge in [0.15, 0.2) is 0 Å². The predicted octanol–water partition coefficient (Wildman–Crippen LogP) is 3.76. The first-order chi connectivity index (χ1) is 10.4. The van der Waals surface area contributed by atoms with Crippen LogP contribution in [-0.2, 0) is 10.3 Å².